The highest BCUT2D eigenvalue weighted by atomic mass is 28.5. The van der Waals surface area contributed by atoms with E-state index in [4.69, 9.17) is 26.3 Å². The summed E-state index contributed by atoms with van der Waals surface area (Å²) in [5.41, 5.74) is 1.31. The van der Waals surface area contributed by atoms with E-state index in [-0.39, 0.29) is 18.3 Å². The highest BCUT2D eigenvalue weighted by molar-refractivity contribution is 6.86. The fourth-order valence-electron chi connectivity index (χ4n) is 3.31. The van der Waals surface area contributed by atoms with Gasteiger partial charge in [-0.3, -0.25) is 8.92 Å². The van der Waals surface area contributed by atoms with Gasteiger partial charge in [0.1, 0.15) is 0 Å². The lowest BCUT2D eigenvalue weighted by atomic mass is 10.1. The zero-order chi connectivity index (χ0) is 24.5. The summed E-state index contributed by atoms with van der Waals surface area (Å²) >= 11 is 0. The second-order valence-corrected chi connectivity index (χ2v) is 21.1. The Labute approximate surface area is 194 Å². The molecular formula is C21H42O6Si4. The molecule has 0 aromatic heterocycles. The number of hydrogen-bond donors (Lipinski definition) is 0. The predicted octanol–water partition coefficient (Wildman–Crippen LogP) is 4.70. The van der Waals surface area contributed by atoms with Crippen LogP contribution >= 0.6 is 0 Å². The molecule has 0 radical (unpaired) electrons. The molecule has 0 aliphatic carbocycles. The van der Waals surface area contributed by atoms with Gasteiger partial charge in [0.2, 0.25) is 0 Å². The average Bonchev–Trinajstić information content (AvgIpc) is 2.98. The molecule has 1 saturated heterocycles. The fourth-order valence-corrected chi connectivity index (χ4v) is 10.9. The van der Waals surface area contributed by atoms with Crippen LogP contribution in [0.4, 0.5) is 0 Å². The third-order valence-electron chi connectivity index (χ3n) is 4.25. The molecule has 1 aliphatic rings. The lowest BCUT2D eigenvalue weighted by molar-refractivity contribution is 0.0441. The molecule has 1 aliphatic heterocycles. The molecule has 1 aromatic carbocycles. The Bertz CT molecular complexity index is 681. The van der Waals surface area contributed by atoms with Gasteiger partial charge in [-0.1, -0.05) is 45.0 Å². The summed E-state index contributed by atoms with van der Waals surface area (Å²) in [6.07, 6.45) is 0.864. The number of benzene rings is 1. The molecule has 4 atom stereocenters. The van der Waals surface area contributed by atoms with Gasteiger partial charge >= 0.3 is 18.1 Å². The van der Waals surface area contributed by atoms with Gasteiger partial charge in [0.25, 0.3) is 0 Å². The van der Waals surface area contributed by atoms with Gasteiger partial charge in [-0.05, 0) is 65.1 Å². The molecule has 10 heteroatoms. The average molecular weight is 503 g/mol. The second kappa shape index (κ2) is 13.3. The van der Waals surface area contributed by atoms with E-state index in [0.717, 1.165) is 11.6 Å². The van der Waals surface area contributed by atoms with E-state index >= 15 is 0 Å². The summed E-state index contributed by atoms with van der Waals surface area (Å²) in [4.78, 5) is 0. The highest BCUT2D eigenvalue weighted by Crippen LogP contribution is 2.32. The molecular weight excluding hydrogens is 461 g/mol. The lowest BCUT2D eigenvalue weighted by Gasteiger charge is -2.32. The first-order valence-corrected chi connectivity index (χ1v) is 20.4. The Hall–Kier alpha value is -0.472. The van der Waals surface area contributed by atoms with Gasteiger partial charge in [-0.2, -0.15) is 0 Å². The molecule has 0 N–H and O–H groups in total. The lowest BCUT2D eigenvalue weighted by Crippen LogP contribution is -2.59. The molecule has 1 aromatic rings. The Kier molecular flexibility index (Phi) is 13.1. The van der Waals surface area contributed by atoms with E-state index in [2.05, 4.69) is 84.3 Å². The van der Waals surface area contributed by atoms with Crippen molar-refractivity contribution in [3.63, 3.8) is 0 Å². The van der Waals surface area contributed by atoms with Crippen LogP contribution in [0.15, 0.2) is 24.3 Å². The summed E-state index contributed by atoms with van der Waals surface area (Å²) in [5, 5.41) is 1.06. The Morgan fingerprint density at radius 1 is 1.00 bits per heavy atom. The molecule has 6 nitrogen and oxygen atoms in total. The van der Waals surface area contributed by atoms with Gasteiger partial charge in [-0.25, -0.2) is 0 Å². The van der Waals surface area contributed by atoms with Crippen LogP contribution in [0.2, 0.25) is 39.3 Å². The van der Waals surface area contributed by atoms with Gasteiger partial charge in [0, 0.05) is 5.19 Å². The minimum Gasteiger partial charge on any atom is -0.413 e. The summed E-state index contributed by atoms with van der Waals surface area (Å²) in [6.45, 7) is 23.5. The normalized spacial score (nSPS) is 24.2. The van der Waals surface area contributed by atoms with E-state index in [1.165, 1.54) is 5.56 Å². The van der Waals surface area contributed by atoms with Crippen LogP contribution in [0, 0.1) is 0 Å². The number of aryl methyl sites for hydroxylation is 1. The first-order valence-electron chi connectivity index (χ1n) is 11.1. The monoisotopic (exact) mass is 502 g/mol. The molecule has 4 unspecified atom stereocenters. The number of rotatable bonds is 7. The zero-order valence-corrected chi connectivity index (χ0v) is 25.2. The van der Waals surface area contributed by atoms with Crippen LogP contribution in [0.25, 0.3) is 0 Å². The van der Waals surface area contributed by atoms with Crippen LogP contribution in [-0.2, 0) is 32.7 Å². The number of hydrogen-bond acceptors (Lipinski definition) is 6. The maximum absolute atomic E-state index is 8.40. The van der Waals surface area contributed by atoms with E-state index in [1.54, 1.807) is 0 Å². The van der Waals surface area contributed by atoms with Crippen LogP contribution in [0.1, 0.15) is 40.2 Å². The fraction of sp³-hybridized carbons (Fsp3) is 0.714. The molecule has 31 heavy (non-hydrogen) atoms. The first kappa shape index (κ1) is 30.5. The van der Waals surface area contributed by atoms with E-state index in [0.29, 0.717) is 0 Å². The Morgan fingerprint density at radius 3 is 1.87 bits per heavy atom. The summed E-state index contributed by atoms with van der Waals surface area (Å²) in [5.74, 6) is 0. The molecule has 0 bridgehead atoms. The molecule has 1 fully saturated rings. The third-order valence-corrected chi connectivity index (χ3v) is 11.2. The van der Waals surface area contributed by atoms with Crippen molar-refractivity contribution in [2.75, 3.05) is 0 Å². The molecule has 178 valence electrons. The first-order chi connectivity index (χ1) is 14.3. The van der Waals surface area contributed by atoms with Crippen LogP contribution in [0.3, 0.4) is 0 Å². The second-order valence-electron chi connectivity index (χ2n) is 9.25. The quantitative estimate of drug-likeness (QED) is 0.503. The van der Waals surface area contributed by atoms with Crippen molar-refractivity contribution in [2.24, 2.45) is 0 Å². The highest BCUT2D eigenvalue weighted by Gasteiger charge is 2.57. The van der Waals surface area contributed by atoms with Crippen molar-refractivity contribution in [1.29, 1.82) is 0 Å². The van der Waals surface area contributed by atoms with Gasteiger partial charge in [-0.15, -0.1) is 0 Å². The van der Waals surface area contributed by atoms with Crippen molar-refractivity contribution in [1.82, 2.24) is 0 Å². The van der Waals surface area contributed by atoms with Crippen molar-refractivity contribution >= 4 is 39.9 Å². The van der Waals surface area contributed by atoms with Crippen molar-refractivity contribution in [3.8, 4) is 0 Å². The van der Waals surface area contributed by atoms with Gasteiger partial charge in [0.05, 0.1) is 18.3 Å². The third kappa shape index (κ3) is 10.3. The van der Waals surface area contributed by atoms with Crippen molar-refractivity contribution in [2.45, 2.75) is 98.6 Å². The zero-order valence-electron chi connectivity index (χ0n) is 21.2. The molecule has 1 heterocycles. The summed E-state index contributed by atoms with van der Waals surface area (Å²) in [6, 6.07) is 8.57. The standard InChI is InChI=1S/C19H36O4Si3.C2H6.O2Si/c1-10-17-11-13-18(14-12-17)26(23-25(7,8)9)21-16(3)19(22-26)15(2)20-24(4,5)6;1-2;1-3-2/h11-16,19H,10H2,1-9H3;1-2H3;. The maximum Gasteiger partial charge on any atom is 0.549 e. The van der Waals surface area contributed by atoms with E-state index in [1.807, 2.05) is 13.8 Å². The maximum atomic E-state index is 8.40. The minimum absolute atomic E-state index is 0.00816. The summed E-state index contributed by atoms with van der Waals surface area (Å²) in [7, 11) is -7.88. The Balaban J connectivity index is 0.00000165. The van der Waals surface area contributed by atoms with E-state index in [9.17, 15) is 0 Å². The minimum atomic E-state index is -2.95. The topological polar surface area (TPSA) is 71.1 Å². The SMILES string of the molecule is CC.CCc1ccc([Si]2(O[Si](C)(C)C)OC(C)C(C(C)O[Si](C)(C)C)O2)cc1.O=[Si]=O. The van der Waals surface area contributed by atoms with Crippen molar-refractivity contribution < 1.29 is 26.3 Å². The molecule has 2 rings (SSSR count). The Morgan fingerprint density at radius 2 is 1.48 bits per heavy atom. The van der Waals surface area contributed by atoms with Gasteiger partial charge in [0.15, 0.2) is 16.6 Å². The van der Waals surface area contributed by atoms with Gasteiger partial charge < -0.3 is 17.4 Å². The van der Waals surface area contributed by atoms with Crippen LogP contribution in [0.5, 0.6) is 0 Å². The van der Waals surface area contributed by atoms with Crippen LogP contribution < -0.4 is 5.19 Å². The van der Waals surface area contributed by atoms with E-state index < -0.39 is 34.7 Å². The largest absolute Gasteiger partial charge is 0.549 e. The molecule has 0 saturated carbocycles. The van der Waals surface area contributed by atoms with Crippen molar-refractivity contribution in [3.05, 3.63) is 29.8 Å². The molecule has 0 amide bonds. The smallest absolute Gasteiger partial charge is 0.413 e. The predicted molar refractivity (Wildman–Crippen MR) is 133 cm³/mol. The molecule has 0 spiro atoms. The van der Waals surface area contributed by atoms with Crippen LogP contribution in [-0.4, -0.2) is 53.0 Å². The summed E-state index contributed by atoms with van der Waals surface area (Å²) < 4.78 is 42.8.